The van der Waals surface area contributed by atoms with E-state index in [1.165, 1.54) is 18.7 Å². The number of aryl methyl sites for hydroxylation is 1. The third kappa shape index (κ3) is 2.56. The number of carboxylic acids is 1. The highest BCUT2D eigenvalue weighted by molar-refractivity contribution is 8.13. The zero-order chi connectivity index (χ0) is 13.1. The van der Waals surface area contributed by atoms with Crippen LogP contribution < -0.4 is 5.11 Å². The van der Waals surface area contributed by atoms with Crippen molar-refractivity contribution >= 4 is 33.7 Å². The summed E-state index contributed by atoms with van der Waals surface area (Å²) in [6.07, 6.45) is 0.525. The van der Waals surface area contributed by atoms with Crippen molar-refractivity contribution in [3.05, 3.63) is 35.5 Å². The molecule has 0 fully saturated rings. The van der Waals surface area contributed by atoms with Crippen molar-refractivity contribution in [1.82, 2.24) is 4.98 Å². The van der Waals surface area contributed by atoms with Gasteiger partial charge in [0, 0.05) is 23.6 Å². The molecule has 1 heterocycles. The van der Waals surface area contributed by atoms with Gasteiger partial charge in [0.05, 0.1) is 11.7 Å². The molecule has 0 radical (unpaired) electrons. The number of benzene rings is 1. The molecule has 1 aromatic carbocycles. The molecule has 1 N–H and O–H groups in total. The lowest BCUT2D eigenvalue weighted by Gasteiger charge is -2.04. The molecule has 5 heteroatoms. The first-order valence-electron chi connectivity index (χ1n) is 5.54. The van der Waals surface area contributed by atoms with Crippen molar-refractivity contribution in [2.75, 3.05) is 5.75 Å². The Morgan fingerprint density at radius 3 is 2.72 bits per heavy atom. The van der Waals surface area contributed by atoms with Gasteiger partial charge in [-0.2, -0.15) is 0 Å². The molecule has 18 heavy (non-hydrogen) atoms. The fraction of sp³-hybridized carbons (Fsp3) is 0.231. The summed E-state index contributed by atoms with van der Waals surface area (Å²) in [5, 5.41) is 12.0. The number of fused-ring (bicyclic) bond motifs is 1. The Balaban J connectivity index is 2.36. The van der Waals surface area contributed by atoms with Crippen LogP contribution in [0.25, 0.3) is 10.9 Å². The minimum atomic E-state index is -1.21. The van der Waals surface area contributed by atoms with Gasteiger partial charge in [0.1, 0.15) is 0 Å². The lowest BCUT2D eigenvalue weighted by Crippen LogP contribution is -2.24. The van der Waals surface area contributed by atoms with Crippen LogP contribution in [0, 0.1) is 0 Å². The molecule has 0 saturated heterocycles. The number of aromatic carboxylic acids is 1. The van der Waals surface area contributed by atoms with E-state index in [4.69, 9.17) is 0 Å². The van der Waals surface area contributed by atoms with Gasteiger partial charge in [-0.25, -0.2) is 0 Å². The lowest BCUT2D eigenvalue weighted by molar-refractivity contribution is -0.255. The second-order valence-electron chi connectivity index (χ2n) is 3.90. The first kappa shape index (κ1) is 12.7. The van der Waals surface area contributed by atoms with E-state index >= 15 is 0 Å². The Kier molecular flexibility index (Phi) is 3.72. The SMILES string of the molecule is CC(=O)SCCc1c(C(=O)[O-])[nH]c2ccccc12. The quantitative estimate of drug-likeness (QED) is 0.902. The summed E-state index contributed by atoms with van der Waals surface area (Å²) in [5.41, 5.74) is 1.60. The Hall–Kier alpha value is -1.75. The first-order valence-corrected chi connectivity index (χ1v) is 6.52. The maximum absolute atomic E-state index is 11.1. The first-order chi connectivity index (χ1) is 8.59. The summed E-state index contributed by atoms with van der Waals surface area (Å²) < 4.78 is 0. The zero-order valence-electron chi connectivity index (χ0n) is 9.86. The minimum absolute atomic E-state index is 0.0323. The highest BCUT2D eigenvalue weighted by atomic mass is 32.2. The van der Waals surface area contributed by atoms with E-state index in [2.05, 4.69) is 4.98 Å². The van der Waals surface area contributed by atoms with Crippen LogP contribution in [0.15, 0.2) is 24.3 Å². The van der Waals surface area contributed by atoms with Crippen molar-refractivity contribution in [2.24, 2.45) is 0 Å². The fourth-order valence-electron chi connectivity index (χ4n) is 1.93. The maximum Gasteiger partial charge on any atom is 0.185 e. The number of aromatic nitrogens is 1. The van der Waals surface area contributed by atoms with E-state index in [9.17, 15) is 14.7 Å². The van der Waals surface area contributed by atoms with E-state index in [0.717, 1.165) is 10.9 Å². The average molecular weight is 262 g/mol. The van der Waals surface area contributed by atoms with Crippen LogP contribution in [0.1, 0.15) is 23.0 Å². The van der Waals surface area contributed by atoms with Gasteiger partial charge in [0.25, 0.3) is 0 Å². The maximum atomic E-state index is 11.1. The summed E-state index contributed by atoms with van der Waals surface area (Å²) in [6, 6.07) is 7.39. The van der Waals surface area contributed by atoms with Crippen molar-refractivity contribution in [2.45, 2.75) is 13.3 Å². The average Bonchev–Trinajstić information content (AvgIpc) is 2.68. The van der Waals surface area contributed by atoms with Crippen molar-refractivity contribution in [1.29, 1.82) is 0 Å². The Morgan fingerprint density at radius 2 is 2.06 bits per heavy atom. The van der Waals surface area contributed by atoms with Crippen molar-refractivity contribution in [3.8, 4) is 0 Å². The van der Waals surface area contributed by atoms with E-state index in [-0.39, 0.29) is 10.8 Å². The van der Waals surface area contributed by atoms with Gasteiger partial charge in [-0.1, -0.05) is 30.0 Å². The Labute approximate surface area is 108 Å². The molecule has 0 aliphatic rings. The molecule has 2 rings (SSSR count). The van der Waals surface area contributed by atoms with Crippen LogP contribution in [-0.2, 0) is 11.2 Å². The molecule has 4 nitrogen and oxygen atoms in total. The molecule has 0 spiro atoms. The molecule has 0 unspecified atom stereocenters. The molecule has 0 amide bonds. The lowest BCUT2D eigenvalue weighted by atomic mass is 10.1. The van der Waals surface area contributed by atoms with Gasteiger partial charge < -0.3 is 14.9 Å². The van der Waals surface area contributed by atoms with Gasteiger partial charge >= 0.3 is 0 Å². The normalized spacial score (nSPS) is 10.7. The summed E-state index contributed by atoms with van der Waals surface area (Å²) in [7, 11) is 0. The zero-order valence-corrected chi connectivity index (χ0v) is 10.7. The van der Waals surface area contributed by atoms with E-state index in [1.54, 1.807) is 0 Å². The van der Waals surface area contributed by atoms with Gasteiger partial charge in [0.15, 0.2) is 5.12 Å². The number of aromatic amines is 1. The molecule has 0 bridgehead atoms. The smallest absolute Gasteiger partial charge is 0.185 e. The van der Waals surface area contributed by atoms with Crippen molar-refractivity contribution in [3.63, 3.8) is 0 Å². The second-order valence-corrected chi connectivity index (χ2v) is 5.17. The number of H-pyrrole nitrogens is 1. The Bertz CT molecular complexity index is 603. The Morgan fingerprint density at radius 1 is 1.33 bits per heavy atom. The van der Waals surface area contributed by atoms with Gasteiger partial charge in [-0.05, 0) is 18.1 Å². The van der Waals surface area contributed by atoms with Crippen LogP contribution >= 0.6 is 11.8 Å². The minimum Gasteiger partial charge on any atom is -0.543 e. The molecule has 0 saturated carbocycles. The fourth-order valence-corrected chi connectivity index (χ4v) is 2.52. The molecule has 0 aliphatic carbocycles. The molecule has 1 aromatic heterocycles. The number of carbonyl (C=O) groups is 2. The van der Waals surface area contributed by atoms with Crippen LogP contribution in [0.2, 0.25) is 0 Å². The van der Waals surface area contributed by atoms with E-state index < -0.39 is 5.97 Å². The molecule has 94 valence electrons. The van der Waals surface area contributed by atoms with E-state index in [1.807, 2.05) is 24.3 Å². The number of hydrogen-bond acceptors (Lipinski definition) is 4. The number of nitrogens with one attached hydrogen (secondary N) is 1. The van der Waals surface area contributed by atoms with Crippen LogP contribution in [-0.4, -0.2) is 21.8 Å². The molecular formula is C13H12NO3S-. The monoisotopic (exact) mass is 262 g/mol. The largest absolute Gasteiger partial charge is 0.543 e. The predicted octanol–water partition coefficient (Wildman–Crippen LogP) is 1.35. The topological polar surface area (TPSA) is 73.0 Å². The number of carboxylic acid groups (broad SMARTS) is 1. The third-order valence-corrected chi connectivity index (χ3v) is 3.49. The number of para-hydroxylation sites is 1. The third-order valence-electron chi connectivity index (χ3n) is 2.68. The summed E-state index contributed by atoms with van der Waals surface area (Å²) in [4.78, 5) is 24.8. The van der Waals surface area contributed by atoms with Gasteiger partial charge in [-0.3, -0.25) is 4.79 Å². The number of carbonyl (C=O) groups excluding carboxylic acids is 2. The molecule has 2 aromatic rings. The second kappa shape index (κ2) is 5.27. The van der Waals surface area contributed by atoms with Gasteiger partial charge in [-0.15, -0.1) is 0 Å². The summed E-state index contributed by atoms with van der Waals surface area (Å²) >= 11 is 1.19. The number of hydrogen-bond donors (Lipinski definition) is 1. The standard InChI is InChI=1S/C13H13NO3S/c1-8(15)18-7-6-10-9-4-2-3-5-11(9)14-12(10)13(16)17/h2-5,14H,6-7H2,1H3,(H,16,17)/p-1. The van der Waals surface area contributed by atoms with Crippen molar-refractivity contribution < 1.29 is 14.7 Å². The number of thioether (sulfide) groups is 1. The van der Waals surface area contributed by atoms with E-state index in [0.29, 0.717) is 17.7 Å². The predicted molar refractivity (Wildman–Crippen MR) is 69.5 cm³/mol. The highest BCUT2D eigenvalue weighted by Gasteiger charge is 2.11. The van der Waals surface area contributed by atoms with Crippen LogP contribution in [0.5, 0.6) is 0 Å². The van der Waals surface area contributed by atoms with Crippen LogP contribution in [0.3, 0.4) is 0 Å². The van der Waals surface area contributed by atoms with Crippen LogP contribution in [0.4, 0.5) is 0 Å². The number of rotatable bonds is 4. The highest BCUT2D eigenvalue weighted by Crippen LogP contribution is 2.23. The molecular weight excluding hydrogens is 250 g/mol. The summed E-state index contributed by atoms with van der Waals surface area (Å²) in [6.45, 7) is 1.50. The van der Waals surface area contributed by atoms with Gasteiger partial charge in [0.2, 0.25) is 0 Å². The molecule has 0 aliphatic heterocycles. The molecule has 0 atom stereocenters. The summed E-state index contributed by atoms with van der Waals surface area (Å²) in [5.74, 6) is -0.647.